The van der Waals surface area contributed by atoms with Crippen LogP contribution in [0, 0.1) is 0 Å². The van der Waals surface area contributed by atoms with Crippen LogP contribution in [0.2, 0.25) is 5.02 Å². The third-order valence-corrected chi connectivity index (χ3v) is 5.64. The van der Waals surface area contributed by atoms with Crippen LogP contribution in [0.3, 0.4) is 0 Å². The van der Waals surface area contributed by atoms with Crippen molar-refractivity contribution in [2.45, 2.75) is 6.04 Å². The van der Waals surface area contributed by atoms with E-state index in [-0.39, 0.29) is 6.04 Å². The lowest BCUT2D eigenvalue weighted by atomic mass is 9.98. The Morgan fingerprint density at radius 3 is 2.00 bits per heavy atom. The highest BCUT2D eigenvalue weighted by molar-refractivity contribution is 6.30. The normalized spacial score (nSPS) is 15.6. The summed E-state index contributed by atoms with van der Waals surface area (Å²) in [5.41, 5.74) is 6.71. The highest BCUT2D eigenvalue weighted by Gasteiger charge is 2.19. The van der Waals surface area contributed by atoms with E-state index in [1.165, 1.54) is 5.56 Å². The van der Waals surface area contributed by atoms with E-state index in [4.69, 9.17) is 16.6 Å². The Hall–Kier alpha value is -3.62. The minimum absolute atomic E-state index is 0.0492. The molecule has 0 saturated heterocycles. The third-order valence-electron chi connectivity index (χ3n) is 5.39. The molecule has 1 N–H and O–H groups in total. The lowest BCUT2D eigenvalue weighted by molar-refractivity contribution is 0.880. The van der Waals surface area contributed by atoms with Crippen molar-refractivity contribution in [3.8, 4) is 11.1 Å². The first kappa shape index (κ1) is 19.3. The van der Waals surface area contributed by atoms with Crippen molar-refractivity contribution in [2.24, 2.45) is 4.99 Å². The SMILES string of the molecule is Clc1ccc(-c2cccc(C3=CC(c4ccccc4)N=C(c4ccccc4)N3)c2)cc1. The van der Waals surface area contributed by atoms with Crippen LogP contribution in [0.4, 0.5) is 0 Å². The Bertz CT molecular complexity index is 1240. The maximum absolute atomic E-state index is 6.07. The molecule has 0 spiro atoms. The summed E-state index contributed by atoms with van der Waals surface area (Å²) >= 11 is 6.07. The molecule has 3 heteroatoms. The molecule has 0 saturated carbocycles. The van der Waals surface area contributed by atoms with Gasteiger partial charge in [-0.15, -0.1) is 0 Å². The van der Waals surface area contributed by atoms with Gasteiger partial charge in [0.1, 0.15) is 5.84 Å². The van der Waals surface area contributed by atoms with Crippen molar-refractivity contribution < 1.29 is 0 Å². The van der Waals surface area contributed by atoms with Crippen molar-refractivity contribution in [1.29, 1.82) is 0 Å². The van der Waals surface area contributed by atoms with E-state index < -0.39 is 0 Å². The Kier molecular flexibility index (Phi) is 5.39. The average molecular weight is 421 g/mol. The van der Waals surface area contributed by atoms with Crippen LogP contribution in [-0.4, -0.2) is 5.84 Å². The largest absolute Gasteiger partial charge is 0.340 e. The standard InChI is InChI=1S/C28H21ClN2/c29-25-16-14-20(15-17-25)23-12-7-13-24(18-23)27-19-26(21-8-3-1-4-9-21)30-28(31-27)22-10-5-2-6-11-22/h1-19,26H,(H,30,31). The molecule has 4 aromatic rings. The number of amidine groups is 1. The highest BCUT2D eigenvalue weighted by atomic mass is 35.5. The summed E-state index contributed by atoms with van der Waals surface area (Å²) in [7, 11) is 0. The summed E-state index contributed by atoms with van der Waals surface area (Å²) in [6, 6.07) is 37.1. The second-order valence-electron chi connectivity index (χ2n) is 7.49. The number of hydrogen-bond donors (Lipinski definition) is 1. The molecule has 150 valence electrons. The van der Waals surface area contributed by atoms with Crippen LogP contribution in [0.25, 0.3) is 16.8 Å². The zero-order valence-electron chi connectivity index (χ0n) is 16.9. The maximum atomic E-state index is 6.07. The van der Waals surface area contributed by atoms with Crippen LogP contribution in [0.5, 0.6) is 0 Å². The molecule has 0 bridgehead atoms. The molecule has 0 fully saturated rings. The molecule has 4 aromatic carbocycles. The van der Waals surface area contributed by atoms with Gasteiger partial charge < -0.3 is 5.32 Å². The molecule has 1 unspecified atom stereocenters. The van der Waals surface area contributed by atoms with Gasteiger partial charge in [-0.2, -0.15) is 0 Å². The minimum Gasteiger partial charge on any atom is -0.340 e. The monoisotopic (exact) mass is 420 g/mol. The van der Waals surface area contributed by atoms with E-state index in [9.17, 15) is 0 Å². The number of rotatable bonds is 4. The van der Waals surface area contributed by atoms with Crippen LogP contribution >= 0.6 is 11.6 Å². The number of hydrogen-bond acceptors (Lipinski definition) is 2. The third kappa shape index (κ3) is 4.30. The lowest BCUT2D eigenvalue weighted by Crippen LogP contribution is -2.27. The molecule has 1 atom stereocenters. The van der Waals surface area contributed by atoms with E-state index in [1.807, 2.05) is 48.5 Å². The van der Waals surface area contributed by atoms with Crippen LogP contribution < -0.4 is 5.32 Å². The van der Waals surface area contributed by atoms with Crippen LogP contribution in [0.15, 0.2) is 120 Å². The first-order chi connectivity index (χ1) is 15.3. The molecule has 0 amide bonds. The molecule has 0 radical (unpaired) electrons. The van der Waals surface area contributed by atoms with Gasteiger partial charge in [0.05, 0.1) is 6.04 Å². The number of nitrogens with one attached hydrogen (secondary N) is 1. The number of nitrogens with zero attached hydrogens (tertiary/aromatic N) is 1. The first-order valence-electron chi connectivity index (χ1n) is 10.3. The summed E-state index contributed by atoms with van der Waals surface area (Å²) in [6.07, 6.45) is 2.20. The number of halogens is 1. The Balaban J connectivity index is 1.56. The van der Waals surface area contributed by atoms with Gasteiger partial charge in [0, 0.05) is 16.3 Å². The van der Waals surface area contributed by atoms with E-state index in [1.54, 1.807) is 0 Å². The van der Waals surface area contributed by atoms with Gasteiger partial charge in [0.15, 0.2) is 0 Å². The summed E-state index contributed by atoms with van der Waals surface area (Å²) in [5, 5.41) is 4.31. The van der Waals surface area contributed by atoms with Crippen molar-refractivity contribution in [2.75, 3.05) is 0 Å². The quantitative estimate of drug-likeness (QED) is 0.372. The topological polar surface area (TPSA) is 24.4 Å². The molecule has 1 aliphatic rings. The zero-order chi connectivity index (χ0) is 21.0. The molecule has 2 nitrogen and oxygen atoms in total. The summed E-state index contributed by atoms with van der Waals surface area (Å²) in [5.74, 6) is 0.879. The molecular formula is C28H21ClN2. The van der Waals surface area contributed by atoms with Gasteiger partial charge >= 0.3 is 0 Å². The Labute approximate surface area is 187 Å². The zero-order valence-corrected chi connectivity index (χ0v) is 17.6. The number of benzene rings is 4. The molecular weight excluding hydrogens is 400 g/mol. The maximum Gasteiger partial charge on any atom is 0.133 e. The molecule has 31 heavy (non-hydrogen) atoms. The molecule has 0 aliphatic carbocycles. The van der Waals surface area contributed by atoms with E-state index >= 15 is 0 Å². The van der Waals surface area contributed by atoms with Gasteiger partial charge in [-0.25, -0.2) is 0 Å². The van der Waals surface area contributed by atoms with Gasteiger partial charge in [-0.1, -0.05) is 103 Å². The number of aliphatic imine (C=N–C) groups is 1. The van der Waals surface area contributed by atoms with Gasteiger partial charge in [-0.05, 0) is 46.5 Å². The second kappa shape index (κ2) is 8.63. The average Bonchev–Trinajstić information content (AvgIpc) is 2.85. The molecule has 1 aliphatic heterocycles. The van der Waals surface area contributed by atoms with Gasteiger partial charge in [-0.3, -0.25) is 4.99 Å². The fraction of sp³-hybridized carbons (Fsp3) is 0.0357. The lowest BCUT2D eigenvalue weighted by Gasteiger charge is -2.23. The second-order valence-corrected chi connectivity index (χ2v) is 7.93. The highest BCUT2D eigenvalue weighted by Crippen LogP contribution is 2.30. The smallest absolute Gasteiger partial charge is 0.133 e. The summed E-state index contributed by atoms with van der Waals surface area (Å²) in [4.78, 5) is 5.00. The fourth-order valence-electron chi connectivity index (χ4n) is 3.78. The summed E-state index contributed by atoms with van der Waals surface area (Å²) in [6.45, 7) is 0. The fourth-order valence-corrected chi connectivity index (χ4v) is 3.90. The van der Waals surface area contributed by atoms with Crippen LogP contribution in [-0.2, 0) is 0 Å². The van der Waals surface area contributed by atoms with Crippen molar-refractivity contribution >= 4 is 23.1 Å². The van der Waals surface area contributed by atoms with E-state index in [2.05, 4.69) is 72.1 Å². The predicted molar refractivity (Wildman–Crippen MR) is 130 cm³/mol. The Morgan fingerprint density at radius 2 is 1.26 bits per heavy atom. The van der Waals surface area contributed by atoms with Crippen molar-refractivity contribution in [3.05, 3.63) is 137 Å². The van der Waals surface area contributed by atoms with E-state index in [0.717, 1.165) is 38.8 Å². The molecule has 1 heterocycles. The summed E-state index contributed by atoms with van der Waals surface area (Å²) < 4.78 is 0. The minimum atomic E-state index is -0.0492. The predicted octanol–water partition coefficient (Wildman–Crippen LogP) is 7.14. The first-order valence-corrected chi connectivity index (χ1v) is 10.7. The molecule has 5 rings (SSSR count). The van der Waals surface area contributed by atoms with Crippen LogP contribution in [0.1, 0.15) is 22.7 Å². The van der Waals surface area contributed by atoms with Crippen molar-refractivity contribution in [3.63, 3.8) is 0 Å². The van der Waals surface area contributed by atoms with E-state index in [0.29, 0.717) is 0 Å². The van der Waals surface area contributed by atoms with Gasteiger partial charge in [0.2, 0.25) is 0 Å². The Morgan fingerprint density at radius 1 is 0.613 bits per heavy atom. The van der Waals surface area contributed by atoms with Crippen molar-refractivity contribution in [1.82, 2.24) is 5.32 Å². The molecule has 0 aromatic heterocycles. The van der Waals surface area contributed by atoms with Gasteiger partial charge in [0.25, 0.3) is 0 Å².